The minimum Gasteiger partial charge on any atom is -0.344 e. The highest BCUT2D eigenvalue weighted by Crippen LogP contribution is 2.14. The van der Waals surface area contributed by atoms with E-state index in [0.29, 0.717) is 6.54 Å². The van der Waals surface area contributed by atoms with Crippen LogP contribution in [0.25, 0.3) is 0 Å². The van der Waals surface area contributed by atoms with Crippen molar-refractivity contribution in [3.05, 3.63) is 29.8 Å². The second kappa shape index (κ2) is 9.36. The number of rotatable bonds is 6. The van der Waals surface area contributed by atoms with E-state index in [1.165, 1.54) is 0 Å². The van der Waals surface area contributed by atoms with Gasteiger partial charge in [-0.1, -0.05) is 17.7 Å². The second-order valence-corrected chi connectivity index (χ2v) is 7.76. The lowest BCUT2D eigenvalue weighted by Gasteiger charge is -2.27. The molecule has 0 saturated carbocycles. The van der Waals surface area contributed by atoms with Crippen LogP contribution >= 0.6 is 12.4 Å². The van der Waals surface area contributed by atoms with Crippen LogP contribution in [0.15, 0.2) is 29.2 Å². The van der Waals surface area contributed by atoms with Crippen LogP contribution in [0.1, 0.15) is 18.4 Å². The third-order valence-corrected chi connectivity index (χ3v) is 5.61. The molecule has 0 unspecified atom stereocenters. The smallest absolute Gasteiger partial charge is 0.240 e. The van der Waals surface area contributed by atoms with Gasteiger partial charge in [0.15, 0.2) is 0 Å². The molecule has 1 aromatic carbocycles. The average molecular weight is 376 g/mol. The summed E-state index contributed by atoms with van der Waals surface area (Å²) in [6.45, 7) is 4.22. The molecule has 1 heterocycles. The number of hydrogen-bond donors (Lipinski definition) is 2. The molecule has 0 atom stereocenters. The molecule has 1 saturated heterocycles. The summed E-state index contributed by atoms with van der Waals surface area (Å²) in [6.07, 6.45) is 1.69. The number of likely N-dealkylation sites (N-methyl/N-ethyl adjacent to an activating group) is 1. The summed E-state index contributed by atoms with van der Waals surface area (Å²) in [5, 5.41) is 3.23. The predicted octanol–water partition coefficient (Wildman–Crippen LogP) is 1.15. The van der Waals surface area contributed by atoms with E-state index >= 15 is 0 Å². The van der Waals surface area contributed by atoms with Gasteiger partial charge in [-0.25, -0.2) is 13.1 Å². The van der Waals surface area contributed by atoms with Crippen molar-refractivity contribution >= 4 is 28.3 Å². The van der Waals surface area contributed by atoms with Crippen molar-refractivity contribution in [1.29, 1.82) is 0 Å². The molecule has 136 valence electrons. The van der Waals surface area contributed by atoms with Gasteiger partial charge in [-0.15, -0.1) is 12.4 Å². The molecule has 24 heavy (non-hydrogen) atoms. The highest BCUT2D eigenvalue weighted by molar-refractivity contribution is 7.89. The standard InChI is InChI=1S/C16H25N3O3S.ClH/c1-13-3-5-15(6-4-13)23(21,22)18-11-12-19(2)16(20)14-7-9-17-10-8-14;/h3-6,14,17-18H,7-12H2,1-2H3;1H. The fourth-order valence-electron chi connectivity index (χ4n) is 2.64. The van der Waals surface area contributed by atoms with E-state index in [2.05, 4.69) is 10.0 Å². The number of aryl methyl sites for hydroxylation is 1. The van der Waals surface area contributed by atoms with Crippen LogP contribution in [0.5, 0.6) is 0 Å². The van der Waals surface area contributed by atoms with E-state index in [0.717, 1.165) is 31.5 Å². The Balaban J connectivity index is 0.00000288. The molecular weight excluding hydrogens is 350 g/mol. The van der Waals surface area contributed by atoms with Crippen molar-refractivity contribution in [1.82, 2.24) is 14.9 Å². The Kier molecular flexibility index (Phi) is 8.15. The van der Waals surface area contributed by atoms with Crippen LogP contribution in [0.3, 0.4) is 0 Å². The summed E-state index contributed by atoms with van der Waals surface area (Å²) >= 11 is 0. The Labute approximate surface area is 150 Å². The monoisotopic (exact) mass is 375 g/mol. The number of carbonyl (C=O) groups is 1. The first-order valence-corrected chi connectivity index (χ1v) is 9.40. The molecule has 1 fully saturated rings. The van der Waals surface area contributed by atoms with Crippen LogP contribution in [0.4, 0.5) is 0 Å². The Morgan fingerprint density at radius 1 is 1.25 bits per heavy atom. The first kappa shape index (κ1) is 20.9. The Morgan fingerprint density at radius 2 is 1.83 bits per heavy atom. The number of nitrogens with one attached hydrogen (secondary N) is 2. The molecule has 8 heteroatoms. The lowest BCUT2D eigenvalue weighted by atomic mass is 9.97. The first-order chi connectivity index (χ1) is 10.9. The number of carbonyl (C=O) groups excluding carboxylic acids is 1. The summed E-state index contributed by atoms with van der Waals surface area (Å²) < 4.78 is 26.9. The Bertz CT molecular complexity index is 628. The minimum absolute atomic E-state index is 0. The zero-order valence-corrected chi connectivity index (χ0v) is 15.8. The molecule has 0 spiro atoms. The predicted molar refractivity (Wildman–Crippen MR) is 96.8 cm³/mol. The number of sulfonamides is 1. The summed E-state index contributed by atoms with van der Waals surface area (Å²) in [6, 6.07) is 6.70. The molecule has 1 aliphatic rings. The molecule has 6 nitrogen and oxygen atoms in total. The van der Waals surface area contributed by atoms with Crippen molar-refractivity contribution in [2.45, 2.75) is 24.7 Å². The zero-order valence-electron chi connectivity index (χ0n) is 14.1. The first-order valence-electron chi connectivity index (χ1n) is 7.92. The topological polar surface area (TPSA) is 78.5 Å². The largest absolute Gasteiger partial charge is 0.344 e. The molecule has 0 aliphatic carbocycles. The van der Waals surface area contributed by atoms with Crippen LogP contribution in [0, 0.1) is 12.8 Å². The van der Waals surface area contributed by atoms with Crippen LogP contribution in [-0.4, -0.2) is 52.5 Å². The van der Waals surface area contributed by atoms with E-state index in [1.807, 2.05) is 6.92 Å². The summed E-state index contributed by atoms with van der Waals surface area (Å²) in [5.74, 6) is 0.149. The number of amides is 1. The third-order valence-electron chi connectivity index (χ3n) is 4.14. The molecular formula is C16H26ClN3O3S. The highest BCUT2D eigenvalue weighted by atomic mass is 35.5. The molecule has 1 amide bonds. The molecule has 0 bridgehead atoms. The van der Waals surface area contributed by atoms with E-state index in [9.17, 15) is 13.2 Å². The molecule has 2 N–H and O–H groups in total. The quantitative estimate of drug-likeness (QED) is 0.781. The van der Waals surface area contributed by atoms with Gasteiger partial charge in [0.2, 0.25) is 15.9 Å². The van der Waals surface area contributed by atoms with Gasteiger partial charge in [-0.05, 0) is 45.0 Å². The minimum atomic E-state index is -3.52. The number of benzene rings is 1. The summed E-state index contributed by atoms with van der Waals surface area (Å²) in [4.78, 5) is 14.1. The van der Waals surface area contributed by atoms with Crippen molar-refractivity contribution in [2.75, 3.05) is 33.2 Å². The van der Waals surface area contributed by atoms with Crippen molar-refractivity contribution in [3.8, 4) is 0 Å². The number of halogens is 1. The van der Waals surface area contributed by atoms with Crippen LogP contribution in [0.2, 0.25) is 0 Å². The number of piperidine rings is 1. The molecule has 0 aromatic heterocycles. The maximum absolute atomic E-state index is 12.3. The van der Waals surface area contributed by atoms with Gasteiger partial charge >= 0.3 is 0 Å². The van der Waals surface area contributed by atoms with Gasteiger partial charge < -0.3 is 10.2 Å². The fourth-order valence-corrected chi connectivity index (χ4v) is 3.66. The molecule has 2 rings (SSSR count). The van der Waals surface area contributed by atoms with E-state index in [1.54, 1.807) is 36.2 Å². The van der Waals surface area contributed by atoms with Crippen molar-refractivity contribution < 1.29 is 13.2 Å². The van der Waals surface area contributed by atoms with Gasteiger partial charge in [0.1, 0.15) is 0 Å². The lowest BCUT2D eigenvalue weighted by Crippen LogP contribution is -2.42. The maximum Gasteiger partial charge on any atom is 0.240 e. The normalized spacial score (nSPS) is 15.6. The van der Waals surface area contributed by atoms with Crippen molar-refractivity contribution in [2.24, 2.45) is 5.92 Å². The van der Waals surface area contributed by atoms with E-state index < -0.39 is 10.0 Å². The Morgan fingerprint density at radius 3 is 2.42 bits per heavy atom. The lowest BCUT2D eigenvalue weighted by molar-refractivity contribution is -0.134. The van der Waals surface area contributed by atoms with Gasteiger partial charge in [-0.2, -0.15) is 0 Å². The van der Waals surface area contributed by atoms with Crippen molar-refractivity contribution in [3.63, 3.8) is 0 Å². The van der Waals surface area contributed by atoms with Crippen LogP contribution in [-0.2, 0) is 14.8 Å². The van der Waals surface area contributed by atoms with Gasteiger partial charge in [-0.3, -0.25) is 4.79 Å². The fraction of sp³-hybridized carbons (Fsp3) is 0.562. The number of nitrogens with zero attached hydrogens (tertiary/aromatic N) is 1. The maximum atomic E-state index is 12.3. The van der Waals surface area contributed by atoms with Gasteiger partial charge in [0.05, 0.1) is 4.90 Å². The molecule has 0 radical (unpaired) electrons. The second-order valence-electron chi connectivity index (χ2n) is 5.99. The summed E-state index contributed by atoms with van der Waals surface area (Å²) in [5.41, 5.74) is 1.01. The highest BCUT2D eigenvalue weighted by Gasteiger charge is 2.24. The zero-order chi connectivity index (χ0) is 16.9. The number of hydrogen-bond acceptors (Lipinski definition) is 4. The van der Waals surface area contributed by atoms with E-state index in [4.69, 9.17) is 0 Å². The molecule has 1 aromatic rings. The third kappa shape index (κ3) is 5.73. The average Bonchev–Trinajstić information content (AvgIpc) is 2.55. The SMILES string of the molecule is Cc1ccc(S(=O)(=O)NCCN(C)C(=O)C2CCNCC2)cc1.Cl. The van der Waals surface area contributed by atoms with Crippen LogP contribution < -0.4 is 10.0 Å². The summed E-state index contributed by atoms with van der Waals surface area (Å²) in [7, 11) is -1.79. The van der Waals surface area contributed by atoms with Gasteiger partial charge in [0, 0.05) is 26.1 Å². The molecule has 1 aliphatic heterocycles. The van der Waals surface area contributed by atoms with E-state index in [-0.39, 0.29) is 35.7 Å². The van der Waals surface area contributed by atoms with Gasteiger partial charge in [0.25, 0.3) is 0 Å². The Hall–Kier alpha value is -1.15.